The molecule has 0 unspecified atom stereocenters. The average molecular weight is 535 g/mol. The molecule has 3 rings (SSSR count). The molecule has 0 saturated heterocycles. The molecule has 2 aromatic carbocycles. The molecule has 0 amide bonds. The molecule has 0 aliphatic rings. The van der Waals surface area contributed by atoms with E-state index in [0.717, 1.165) is 15.9 Å². The van der Waals surface area contributed by atoms with Crippen LogP contribution in [0.4, 0.5) is 0 Å². The number of halogens is 2. The number of aromatic nitrogens is 1. The average Bonchev–Trinajstić information content (AvgIpc) is 3.16. The van der Waals surface area contributed by atoms with Crippen LogP contribution in [0.2, 0.25) is 5.02 Å². The number of hydrogen-bond acceptors (Lipinski definition) is 5. The first-order chi connectivity index (χ1) is 15.5. The van der Waals surface area contributed by atoms with E-state index in [0.29, 0.717) is 34.2 Å². The maximum Gasteiger partial charge on any atom is 0.347 e. The topological polar surface area (TPSA) is 89.6 Å². The van der Waals surface area contributed by atoms with Crippen LogP contribution in [-0.4, -0.2) is 27.4 Å². The maximum atomic E-state index is 12.8. The Morgan fingerprint density at radius 2 is 1.85 bits per heavy atom. The van der Waals surface area contributed by atoms with Crippen molar-refractivity contribution in [3.63, 3.8) is 0 Å². The van der Waals surface area contributed by atoms with Gasteiger partial charge in [-0.1, -0.05) is 41.4 Å². The molecule has 0 spiro atoms. The molecule has 0 radical (unpaired) electrons. The first-order valence-corrected chi connectivity index (χ1v) is 11.7. The lowest BCUT2D eigenvalue weighted by atomic mass is 10.0. The second-order valence-electron chi connectivity index (χ2n) is 8.47. The lowest BCUT2D eigenvalue weighted by Crippen LogP contribution is -2.37. The predicted octanol–water partition coefficient (Wildman–Crippen LogP) is 6.94. The van der Waals surface area contributed by atoms with Crippen molar-refractivity contribution in [3.05, 3.63) is 69.0 Å². The van der Waals surface area contributed by atoms with Crippen molar-refractivity contribution in [2.45, 2.75) is 52.1 Å². The van der Waals surface area contributed by atoms with Crippen molar-refractivity contribution in [1.82, 2.24) is 4.98 Å². The number of hydrogen-bond donors (Lipinski definition) is 1. The smallest absolute Gasteiger partial charge is 0.347 e. The number of aliphatic carboxylic acids is 1. The number of Topliss-reactive ketones (excluding diaryl/α,β-unsaturated/α-hetero) is 1. The number of carbonyl (C=O) groups is 2. The Hall–Kier alpha value is -2.64. The monoisotopic (exact) mass is 533 g/mol. The lowest BCUT2D eigenvalue weighted by molar-refractivity contribution is -0.152. The number of carbonyl (C=O) groups excluding carboxylic acids is 1. The highest BCUT2D eigenvalue weighted by molar-refractivity contribution is 9.10. The Morgan fingerprint density at radius 1 is 1.18 bits per heavy atom. The quantitative estimate of drug-likeness (QED) is 0.299. The van der Waals surface area contributed by atoms with E-state index >= 15 is 0 Å². The fourth-order valence-corrected chi connectivity index (χ4v) is 3.95. The first-order valence-electron chi connectivity index (χ1n) is 10.5. The highest BCUT2D eigenvalue weighted by atomic mass is 79.9. The zero-order chi connectivity index (χ0) is 24.3. The highest BCUT2D eigenvalue weighted by Crippen LogP contribution is 2.33. The number of benzene rings is 2. The molecule has 8 heteroatoms. The summed E-state index contributed by atoms with van der Waals surface area (Å²) in [5, 5.41) is 9.71. The fourth-order valence-electron chi connectivity index (χ4n) is 3.20. The van der Waals surface area contributed by atoms with Crippen LogP contribution < -0.4 is 4.74 Å². The Balaban J connectivity index is 1.73. The summed E-state index contributed by atoms with van der Waals surface area (Å²) < 4.78 is 12.4. The third-order valence-electron chi connectivity index (χ3n) is 5.07. The molecule has 0 aliphatic carbocycles. The molecule has 6 nitrogen and oxygen atoms in total. The van der Waals surface area contributed by atoms with Gasteiger partial charge in [0.1, 0.15) is 11.5 Å². The van der Waals surface area contributed by atoms with Crippen LogP contribution in [0, 0.1) is 0 Å². The zero-order valence-corrected chi connectivity index (χ0v) is 21.2. The molecule has 0 aliphatic heterocycles. The summed E-state index contributed by atoms with van der Waals surface area (Å²) in [5.41, 5.74) is 0.581. The summed E-state index contributed by atoms with van der Waals surface area (Å²) in [7, 11) is 0. The van der Waals surface area contributed by atoms with Crippen molar-refractivity contribution in [3.8, 4) is 17.2 Å². The SMILES string of the molecule is CC(C)c1oc(-c2ccc(Br)cc2Cl)nc1CCC(=O)c1ccc(OC(C)(C)C(=O)O)cc1. The van der Waals surface area contributed by atoms with Gasteiger partial charge in [0.25, 0.3) is 0 Å². The number of oxazole rings is 1. The van der Waals surface area contributed by atoms with Crippen LogP contribution in [0.5, 0.6) is 5.75 Å². The van der Waals surface area contributed by atoms with E-state index < -0.39 is 11.6 Å². The van der Waals surface area contributed by atoms with Gasteiger partial charge in [-0.3, -0.25) is 4.79 Å². The third kappa shape index (κ3) is 6.03. The molecule has 1 heterocycles. The second kappa shape index (κ2) is 10.1. The molecule has 0 atom stereocenters. The molecule has 174 valence electrons. The van der Waals surface area contributed by atoms with E-state index in [1.165, 1.54) is 13.8 Å². The van der Waals surface area contributed by atoms with Crippen molar-refractivity contribution in [2.24, 2.45) is 0 Å². The van der Waals surface area contributed by atoms with E-state index in [1.807, 2.05) is 26.0 Å². The van der Waals surface area contributed by atoms with Crippen LogP contribution in [0.25, 0.3) is 11.5 Å². The zero-order valence-electron chi connectivity index (χ0n) is 18.8. The van der Waals surface area contributed by atoms with E-state index in [9.17, 15) is 14.7 Å². The number of ketones is 1. The Kier molecular flexibility index (Phi) is 7.65. The molecule has 33 heavy (non-hydrogen) atoms. The maximum absolute atomic E-state index is 12.8. The minimum atomic E-state index is -1.36. The lowest BCUT2D eigenvalue weighted by Gasteiger charge is -2.21. The molecular formula is C25H25BrClNO5. The van der Waals surface area contributed by atoms with Crippen molar-refractivity contribution >= 4 is 39.3 Å². The van der Waals surface area contributed by atoms with Crippen LogP contribution >= 0.6 is 27.5 Å². The van der Waals surface area contributed by atoms with Gasteiger partial charge >= 0.3 is 5.97 Å². The summed E-state index contributed by atoms with van der Waals surface area (Å²) >= 11 is 9.75. The van der Waals surface area contributed by atoms with E-state index in [4.69, 9.17) is 20.8 Å². The third-order valence-corrected chi connectivity index (χ3v) is 5.87. The highest BCUT2D eigenvalue weighted by Gasteiger charge is 2.29. The number of nitrogens with zero attached hydrogens (tertiary/aromatic N) is 1. The fraction of sp³-hybridized carbons (Fsp3) is 0.320. The number of ether oxygens (including phenoxy) is 1. The van der Waals surface area contributed by atoms with Gasteiger partial charge in [0, 0.05) is 28.8 Å². The largest absolute Gasteiger partial charge is 0.478 e. The van der Waals surface area contributed by atoms with Crippen molar-refractivity contribution in [1.29, 1.82) is 0 Å². The Morgan fingerprint density at radius 3 is 2.42 bits per heavy atom. The molecular weight excluding hydrogens is 510 g/mol. The summed E-state index contributed by atoms with van der Waals surface area (Å²) in [4.78, 5) is 28.6. The van der Waals surface area contributed by atoms with Crippen LogP contribution in [0.3, 0.4) is 0 Å². The Bertz CT molecular complexity index is 1170. The van der Waals surface area contributed by atoms with Crippen molar-refractivity contribution in [2.75, 3.05) is 0 Å². The number of aryl methyl sites for hydroxylation is 1. The Labute approximate surface area is 206 Å². The molecule has 1 aromatic heterocycles. The van der Waals surface area contributed by atoms with Gasteiger partial charge in [0.15, 0.2) is 11.4 Å². The minimum Gasteiger partial charge on any atom is -0.478 e. The molecule has 0 bridgehead atoms. The van der Waals surface area contributed by atoms with Gasteiger partial charge in [0.2, 0.25) is 5.89 Å². The number of rotatable bonds is 9. The summed E-state index contributed by atoms with van der Waals surface area (Å²) in [5.74, 6) is 0.519. The number of carboxylic acids is 1. The van der Waals surface area contributed by atoms with Gasteiger partial charge in [-0.05, 0) is 56.3 Å². The van der Waals surface area contributed by atoms with Gasteiger partial charge in [0.05, 0.1) is 16.3 Å². The van der Waals surface area contributed by atoms with E-state index in [-0.39, 0.29) is 18.1 Å². The van der Waals surface area contributed by atoms with Gasteiger partial charge in [-0.25, -0.2) is 9.78 Å². The summed E-state index contributed by atoms with van der Waals surface area (Å²) in [6, 6.07) is 12.0. The molecule has 1 N–H and O–H groups in total. The van der Waals surface area contributed by atoms with Gasteiger partial charge in [-0.15, -0.1) is 0 Å². The molecule has 3 aromatic rings. The second-order valence-corrected chi connectivity index (χ2v) is 9.80. The number of carboxylic acid groups (broad SMARTS) is 1. The predicted molar refractivity (Wildman–Crippen MR) is 130 cm³/mol. The van der Waals surface area contributed by atoms with Crippen LogP contribution in [0.1, 0.15) is 61.8 Å². The molecule has 0 fully saturated rings. The molecule has 0 saturated carbocycles. The normalized spacial score (nSPS) is 11.6. The summed E-state index contributed by atoms with van der Waals surface area (Å²) in [6.07, 6.45) is 0.675. The van der Waals surface area contributed by atoms with Crippen molar-refractivity contribution < 1.29 is 23.8 Å². The van der Waals surface area contributed by atoms with Gasteiger partial charge < -0.3 is 14.3 Å². The van der Waals surface area contributed by atoms with E-state index in [2.05, 4.69) is 20.9 Å². The van der Waals surface area contributed by atoms with Gasteiger partial charge in [-0.2, -0.15) is 0 Å². The van der Waals surface area contributed by atoms with Crippen LogP contribution in [-0.2, 0) is 11.2 Å². The first kappa shape index (κ1) is 25.0. The summed E-state index contributed by atoms with van der Waals surface area (Å²) in [6.45, 7) is 6.95. The standard InChI is InChI=1S/C25H25BrClNO5/c1-14(2)22-20(28-23(32-22)18-10-7-16(26)13-19(18)27)11-12-21(29)15-5-8-17(9-6-15)33-25(3,4)24(30)31/h5-10,13-14H,11-12H2,1-4H3,(H,30,31). The van der Waals surface area contributed by atoms with Crippen LogP contribution in [0.15, 0.2) is 51.4 Å². The minimum absolute atomic E-state index is 0.0556. The van der Waals surface area contributed by atoms with E-state index in [1.54, 1.807) is 30.3 Å².